The topological polar surface area (TPSA) is 49.0 Å². The predicted octanol–water partition coefficient (Wildman–Crippen LogP) is 5.22. The number of alkyl halides is 2. The lowest BCUT2D eigenvalue weighted by Crippen LogP contribution is -2.35. The van der Waals surface area contributed by atoms with Gasteiger partial charge in [0.05, 0.1) is 11.0 Å². The SMILES string of the molecule is CC(C)c1ccc2c(c1)CCCN2C(=O)c1ccc2nc(C(F)F)[nH]c2c1. The maximum atomic E-state index is 13.1. The van der Waals surface area contributed by atoms with Gasteiger partial charge in [-0.25, -0.2) is 13.8 Å². The molecule has 1 aliphatic heterocycles. The molecule has 2 heterocycles. The molecule has 2 aromatic carbocycles. The monoisotopic (exact) mass is 369 g/mol. The molecular formula is C21H21F2N3O. The molecule has 140 valence electrons. The van der Waals surface area contributed by atoms with Gasteiger partial charge in [0.2, 0.25) is 0 Å². The van der Waals surface area contributed by atoms with Crippen LogP contribution in [0.4, 0.5) is 14.5 Å². The van der Waals surface area contributed by atoms with Crippen molar-refractivity contribution in [1.82, 2.24) is 9.97 Å². The Morgan fingerprint density at radius 2 is 2.00 bits per heavy atom. The number of imidazole rings is 1. The van der Waals surface area contributed by atoms with Crippen LogP contribution in [0.3, 0.4) is 0 Å². The summed E-state index contributed by atoms with van der Waals surface area (Å²) in [5.74, 6) is -0.0596. The van der Waals surface area contributed by atoms with E-state index in [2.05, 4.69) is 35.9 Å². The highest BCUT2D eigenvalue weighted by Crippen LogP contribution is 2.31. The Bertz CT molecular complexity index is 1010. The number of carbonyl (C=O) groups is 1. The van der Waals surface area contributed by atoms with E-state index in [1.807, 2.05) is 6.07 Å². The molecule has 0 fully saturated rings. The zero-order valence-electron chi connectivity index (χ0n) is 15.3. The molecule has 4 nitrogen and oxygen atoms in total. The number of nitrogens with zero attached hydrogens (tertiary/aromatic N) is 2. The fraction of sp³-hybridized carbons (Fsp3) is 0.333. The summed E-state index contributed by atoms with van der Waals surface area (Å²) >= 11 is 0. The molecule has 27 heavy (non-hydrogen) atoms. The Morgan fingerprint density at radius 1 is 1.19 bits per heavy atom. The van der Waals surface area contributed by atoms with Crippen molar-refractivity contribution in [3.8, 4) is 0 Å². The normalized spacial score (nSPS) is 14.2. The van der Waals surface area contributed by atoms with E-state index < -0.39 is 6.43 Å². The molecule has 1 N–H and O–H groups in total. The number of amides is 1. The van der Waals surface area contributed by atoms with Crippen LogP contribution >= 0.6 is 0 Å². The van der Waals surface area contributed by atoms with E-state index in [0.717, 1.165) is 18.5 Å². The number of hydrogen-bond donors (Lipinski definition) is 1. The van der Waals surface area contributed by atoms with Gasteiger partial charge in [0.15, 0.2) is 5.82 Å². The second-order valence-corrected chi connectivity index (χ2v) is 7.26. The number of halogens is 2. The first-order valence-corrected chi connectivity index (χ1v) is 9.16. The highest BCUT2D eigenvalue weighted by Gasteiger charge is 2.24. The molecule has 0 unspecified atom stereocenters. The molecule has 0 radical (unpaired) electrons. The summed E-state index contributed by atoms with van der Waals surface area (Å²) in [6.07, 6.45) is -0.806. The van der Waals surface area contributed by atoms with E-state index in [1.54, 1.807) is 23.1 Å². The maximum Gasteiger partial charge on any atom is 0.295 e. The molecule has 0 saturated carbocycles. The van der Waals surface area contributed by atoms with E-state index in [4.69, 9.17) is 0 Å². The lowest BCUT2D eigenvalue weighted by Gasteiger charge is -2.30. The zero-order valence-corrected chi connectivity index (χ0v) is 15.3. The number of benzene rings is 2. The predicted molar refractivity (Wildman–Crippen MR) is 102 cm³/mol. The molecule has 0 bridgehead atoms. The molecule has 4 rings (SSSR count). The summed E-state index contributed by atoms with van der Waals surface area (Å²) in [5, 5.41) is 0. The van der Waals surface area contributed by atoms with Crippen LogP contribution in [0.2, 0.25) is 0 Å². The van der Waals surface area contributed by atoms with E-state index in [0.29, 0.717) is 29.1 Å². The zero-order chi connectivity index (χ0) is 19.1. The molecule has 1 aliphatic rings. The quantitative estimate of drug-likeness (QED) is 0.688. The number of carbonyl (C=O) groups excluding carboxylic acids is 1. The first-order chi connectivity index (χ1) is 12.9. The van der Waals surface area contributed by atoms with Gasteiger partial charge >= 0.3 is 0 Å². The Labute approximate surface area is 156 Å². The van der Waals surface area contributed by atoms with Crippen molar-refractivity contribution in [2.75, 3.05) is 11.4 Å². The van der Waals surface area contributed by atoms with Gasteiger partial charge in [0.25, 0.3) is 12.3 Å². The van der Waals surface area contributed by atoms with Crippen LogP contribution < -0.4 is 4.90 Å². The van der Waals surface area contributed by atoms with Crippen molar-refractivity contribution >= 4 is 22.6 Å². The third-order valence-electron chi connectivity index (χ3n) is 5.09. The van der Waals surface area contributed by atoms with Crippen molar-refractivity contribution in [2.24, 2.45) is 0 Å². The first kappa shape index (κ1) is 17.6. The number of nitrogens with one attached hydrogen (secondary N) is 1. The van der Waals surface area contributed by atoms with Crippen molar-refractivity contribution in [1.29, 1.82) is 0 Å². The van der Waals surface area contributed by atoms with Gasteiger partial charge in [-0.3, -0.25) is 4.79 Å². The Morgan fingerprint density at radius 3 is 2.74 bits per heavy atom. The summed E-state index contributed by atoms with van der Waals surface area (Å²) in [4.78, 5) is 21.4. The van der Waals surface area contributed by atoms with Crippen LogP contribution in [0, 0.1) is 0 Å². The smallest absolute Gasteiger partial charge is 0.295 e. The fourth-order valence-electron chi connectivity index (χ4n) is 3.61. The van der Waals surface area contributed by atoms with Crippen LogP contribution in [-0.2, 0) is 6.42 Å². The van der Waals surface area contributed by atoms with E-state index in [1.165, 1.54) is 11.1 Å². The van der Waals surface area contributed by atoms with Crippen LogP contribution in [0.25, 0.3) is 11.0 Å². The van der Waals surface area contributed by atoms with Crippen molar-refractivity contribution in [2.45, 2.75) is 39.0 Å². The summed E-state index contributed by atoms with van der Waals surface area (Å²) in [6, 6.07) is 11.1. The lowest BCUT2D eigenvalue weighted by atomic mass is 9.94. The molecule has 1 amide bonds. The minimum Gasteiger partial charge on any atom is -0.337 e. The number of fused-ring (bicyclic) bond motifs is 2. The molecule has 1 aromatic heterocycles. The average molecular weight is 369 g/mol. The number of H-pyrrole nitrogens is 1. The van der Waals surface area contributed by atoms with E-state index in [-0.39, 0.29) is 11.7 Å². The van der Waals surface area contributed by atoms with Gasteiger partial charge in [-0.2, -0.15) is 0 Å². The number of aromatic nitrogens is 2. The second kappa shape index (κ2) is 6.76. The standard InChI is InChI=1S/C21H21F2N3O/c1-12(2)13-6-8-18-14(10-13)4-3-9-26(18)21(27)15-5-7-16-17(11-15)25-20(24-16)19(22)23/h5-8,10-12,19H,3-4,9H2,1-2H3,(H,24,25). The largest absolute Gasteiger partial charge is 0.337 e. The van der Waals surface area contributed by atoms with Crippen molar-refractivity contribution in [3.05, 3.63) is 58.9 Å². The Kier molecular flexibility index (Phi) is 4.42. The molecule has 3 aromatic rings. The van der Waals surface area contributed by atoms with Gasteiger partial charge in [0.1, 0.15) is 0 Å². The van der Waals surface area contributed by atoms with Crippen LogP contribution in [0.1, 0.15) is 59.9 Å². The molecule has 0 saturated heterocycles. The second-order valence-electron chi connectivity index (χ2n) is 7.26. The number of aromatic amines is 1. The molecule has 0 atom stereocenters. The molecule has 6 heteroatoms. The van der Waals surface area contributed by atoms with Crippen molar-refractivity contribution in [3.63, 3.8) is 0 Å². The highest BCUT2D eigenvalue weighted by atomic mass is 19.3. The van der Waals surface area contributed by atoms with Gasteiger partial charge < -0.3 is 9.88 Å². The van der Waals surface area contributed by atoms with Crippen LogP contribution in [-0.4, -0.2) is 22.4 Å². The minimum absolute atomic E-state index is 0.122. The Hall–Kier alpha value is -2.76. The van der Waals surface area contributed by atoms with Crippen LogP contribution in [0.15, 0.2) is 36.4 Å². The third kappa shape index (κ3) is 3.20. The molecule has 0 aliphatic carbocycles. The van der Waals surface area contributed by atoms with Gasteiger partial charge in [0, 0.05) is 17.8 Å². The fourth-order valence-corrected chi connectivity index (χ4v) is 3.61. The van der Waals surface area contributed by atoms with E-state index >= 15 is 0 Å². The average Bonchev–Trinajstić information content (AvgIpc) is 3.10. The summed E-state index contributed by atoms with van der Waals surface area (Å²) in [5.41, 5.74) is 4.73. The van der Waals surface area contributed by atoms with Gasteiger partial charge in [-0.1, -0.05) is 26.0 Å². The molecular weight excluding hydrogens is 348 g/mol. The summed E-state index contributed by atoms with van der Waals surface area (Å²) in [6.45, 7) is 4.96. The molecule has 0 spiro atoms. The number of rotatable bonds is 3. The lowest BCUT2D eigenvalue weighted by molar-refractivity contribution is 0.0985. The van der Waals surface area contributed by atoms with E-state index in [9.17, 15) is 13.6 Å². The third-order valence-corrected chi connectivity index (χ3v) is 5.09. The summed E-state index contributed by atoms with van der Waals surface area (Å²) < 4.78 is 25.7. The van der Waals surface area contributed by atoms with Gasteiger partial charge in [-0.15, -0.1) is 0 Å². The first-order valence-electron chi connectivity index (χ1n) is 9.16. The van der Waals surface area contributed by atoms with Gasteiger partial charge in [-0.05, 0) is 54.2 Å². The summed E-state index contributed by atoms with van der Waals surface area (Å²) in [7, 11) is 0. The Balaban J connectivity index is 1.68. The van der Waals surface area contributed by atoms with Crippen LogP contribution in [0.5, 0.6) is 0 Å². The van der Waals surface area contributed by atoms with Crippen molar-refractivity contribution < 1.29 is 13.6 Å². The highest BCUT2D eigenvalue weighted by molar-refractivity contribution is 6.08. The number of anilines is 1. The number of aryl methyl sites for hydroxylation is 1. The minimum atomic E-state index is -2.67. The number of hydrogen-bond acceptors (Lipinski definition) is 2. The maximum absolute atomic E-state index is 13.1.